The van der Waals surface area contributed by atoms with E-state index in [1.54, 1.807) is 0 Å². The molecule has 1 aliphatic rings. The number of rotatable bonds is 0. The fourth-order valence-corrected chi connectivity index (χ4v) is 0.960. The third-order valence-electron chi connectivity index (χ3n) is 1.63. The van der Waals surface area contributed by atoms with Crippen LogP contribution in [0.25, 0.3) is 0 Å². The molecule has 0 aromatic rings. The Morgan fingerprint density at radius 3 is 2.18 bits per heavy atom. The van der Waals surface area contributed by atoms with E-state index in [0.29, 0.717) is 5.96 Å². The van der Waals surface area contributed by atoms with Crippen LogP contribution >= 0.6 is 0 Å². The van der Waals surface area contributed by atoms with Gasteiger partial charge in [0, 0.05) is 13.1 Å². The highest BCUT2D eigenvalue weighted by molar-refractivity contribution is 5.79. The molecule has 2 N–H and O–H groups in total. The Bertz CT molecular complexity index is 163. The van der Waals surface area contributed by atoms with Gasteiger partial charge >= 0.3 is 0 Å². The van der Waals surface area contributed by atoms with Crippen molar-refractivity contribution in [2.24, 2.45) is 10.7 Å². The summed E-state index contributed by atoms with van der Waals surface area (Å²) in [7, 11) is 0. The number of nitrogens with zero attached hydrogens (tertiary/aromatic N) is 2. The van der Waals surface area contributed by atoms with Gasteiger partial charge in [0.2, 0.25) is 0 Å². The van der Waals surface area contributed by atoms with E-state index in [9.17, 15) is 0 Å². The molecule has 0 amide bonds. The summed E-state index contributed by atoms with van der Waals surface area (Å²) >= 11 is 0. The first-order valence-corrected chi connectivity index (χ1v) is 4.09. The second-order valence-corrected chi connectivity index (χ2v) is 3.98. The van der Waals surface area contributed by atoms with Crippen molar-refractivity contribution >= 4 is 5.96 Å². The van der Waals surface area contributed by atoms with Crippen LogP contribution in [0.15, 0.2) is 4.99 Å². The predicted molar refractivity (Wildman–Crippen MR) is 47.6 cm³/mol. The first-order valence-electron chi connectivity index (χ1n) is 4.09. The van der Waals surface area contributed by atoms with Crippen LogP contribution in [0.4, 0.5) is 0 Å². The van der Waals surface area contributed by atoms with E-state index in [1.165, 1.54) is 6.42 Å². The summed E-state index contributed by atoms with van der Waals surface area (Å²) in [6.07, 6.45) is 1.25. The van der Waals surface area contributed by atoms with Crippen molar-refractivity contribution in [1.82, 2.24) is 4.90 Å². The van der Waals surface area contributed by atoms with Gasteiger partial charge in [0.15, 0.2) is 5.96 Å². The molecule has 1 fully saturated rings. The summed E-state index contributed by atoms with van der Waals surface area (Å²) in [5, 5.41) is 0. The smallest absolute Gasteiger partial charge is 0.191 e. The van der Waals surface area contributed by atoms with Crippen LogP contribution < -0.4 is 5.73 Å². The molecule has 64 valence electrons. The van der Waals surface area contributed by atoms with Crippen molar-refractivity contribution < 1.29 is 0 Å². The predicted octanol–water partition coefficient (Wildman–Crippen LogP) is 0.805. The lowest BCUT2D eigenvalue weighted by Gasteiger charge is -2.33. The van der Waals surface area contributed by atoms with Crippen molar-refractivity contribution in [2.75, 3.05) is 13.1 Å². The van der Waals surface area contributed by atoms with E-state index in [4.69, 9.17) is 5.73 Å². The number of aliphatic imine (C=N–C) groups is 1. The van der Waals surface area contributed by atoms with Gasteiger partial charge < -0.3 is 10.6 Å². The van der Waals surface area contributed by atoms with Crippen molar-refractivity contribution in [3.8, 4) is 0 Å². The van der Waals surface area contributed by atoms with E-state index < -0.39 is 0 Å². The van der Waals surface area contributed by atoms with E-state index in [2.05, 4.69) is 30.7 Å². The Hall–Kier alpha value is -0.730. The fourth-order valence-electron chi connectivity index (χ4n) is 0.960. The Labute approximate surface area is 68.3 Å². The number of guanidine groups is 1. The minimum Gasteiger partial charge on any atom is -0.370 e. The number of nitrogens with two attached hydrogens (primary N) is 1. The molecule has 0 aliphatic carbocycles. The zero-order chi connectivity index (χ0) is 8.48. The Kier molecular flexibility index (Phi) is 2.07. The highest BCUT2D eigenvalue weighted by Crippen LogP contribution is 2.10. The van der Waals surface area contributed by atoms with Crippen molar-refractivity contribution in [2.45, 2.75) is 32.7 Å². The van der Waals surface area contributed by atoms with Crippen molar-refractivity contribution in [3.63, 3.8) is 0 Å². The number of hydrogen-bond acceptors (Lipinski definition) is 1. The van der Waals surface area contributed by atoms with Crippen LogP contribution in [-0.2, 0) is 0 Å². The topological polar surface area (TPSA) is 41.6 Å². The molecule has 0 spiro atoms. The highest BCUT2D eigenvalue weighted by Gasteiger charge is 2.18. The normalized spacial score (nSPS) is 19.9. The van der Waals surface area contributed by atoms with Gasteiger partial charge in [-0.2, -0.15) is 0 Å². The highest BCUT2D eigenvalue weighted by atomic mass is 15.3. The van der Waals surface area contributed by atoms with E-state index in [1.807, 2.05) is 0 Å². The van der Waals surface area contributed by atoms with Crippen LogP contribution in [0.3, 0.4) is 0 Å². The molecule has 1 rings (SSSR count). The maximum absolute atomic E-state index is 5.74. The molecule has 11 heavy (non-hydrogen) atoms. The Morgan fingerprint density at radius 2 is 1.91 bits per heavy atom. The van der Waals surface area contributed by atoms with Crippen LogP contribution in [0.5, 0.6) is 0 Å². The Morgan fingerprint density at radius 1 is 1.36 bits per heavy atom. The molecule has 3 nitrogen and oxygen atoms in total. The minimum absolute atomic E-state index is 0.0420. The maximum atomic E-state index is 5.74. The minimum atomic E-state index is -0.0420. The molecular formula is C8H17N3. The second-order valence-electron chi connectivity index (χ2n) is 3.98. The van der Waals surface area contributed by atoms with Gasteiger partial charge in [-0.3, -0.25) is 0 Å². The van der Waals surface area contributed by atoms with Crippen LogP contribution in [-0.4, -0.2) is 29.5 Å². The molecule has 1 saturated heterocycles. The molecule has 0 atom stereocenters. The van der Waals surface area contributed by atoms with Crippen molar-refractivity contribution in [1.29, 1.82) is 0 Å². The zero-order valence-electron chi connectivity index (χ0n) is 7.59. The van der Waals surface area contributed by atoms with Crippen molar-refractivity contribution in [3.05, 3.63) is 0 Å². The van der Waals surface area contributed by atoms with E-state index >= 15 is 0 Å². The third kappa shape index (κ3) is 2.41. The molecule has 1 heterocycles. The summed E-state index contributed by atoms with van der Waals surface area (Å²) in [4.78, 5) is 6.45. The van der Waals surface area contributed by atoms with Gasteiger partial charge in [0.05, 0.1) is 5.54 Å². The lowest BCUT2D eigenvalue weighted by Crippen LogP contribution is -2.47. The quantitative estimate of drug-likeness (QED) is 0.415. The van der Waals surface area contributed by atoms with Gasteiger partial charge in [0.1, 0.15) is 0 Å². The monoisotopic (exact) mass is 155 g/mol. The lowest BCUT2D eigenvalue weighted by atomic mass is 10.1. The second kappa shape index (κ2) is 2.72. The summed E-state index contributed by atoms with van der Waals surface area (Å²) in [5.74, 6) is 0.698. The molecule has 0 unspecified atom stereocenters. The van der Waals surface area contributed by atoms with Gasteiger partial charge in [-0.1, -0.05) is 0 Å². The van der Waals surface area contributed by atoms with Gasteiger partial charge in [-0.15, -0.1) is 0 Å². The molecule has 1 aliphatic heterocycles. The molecule has 0 radical (unpaired) electrons. The van der Waals surface area contributed by atoms with Crippen LogP contribution in [0.1, 0.15) is 27.2 Å². The summed E-state index contributed by atoms with van der Waals surface area (Å²) in [6, 6.07) is 0. The molecule has 3 heteroatoms. The summed E-state index contributed by atoms with van der Waals surface area (Å²) in [5.41, 5.74) is 5.70. The zero-order valence-corrected chi connectivity index (χ0v) is 7.59. The maximum Gasteiger partial charge on any atom is 0.191 e. The number of hydrogen-bond donors (Lipinski definition) is 1. The summed E-state index contributed by atoms with van der Waals surface area (Å²) in [6.45, 7) is 8.32. The average Bonchev–Trinajstić information content (AvgIpc) is 1.50. The molecule has 0 bridgehead atoms. The van der Waals surface area contributed by atoms with E-state index in [-0.39, 0.29) is 5.54 Å². The first kappa shape index (κ1) is 8.37. The fraction of sp³-hybridized carbons (Fsp3) is 0.875. The van der Waals surface area contributed by atoms with Gasteiger partial charge in [-0.05, 0) is 27.2 Å². The molecule has 0 saturated carbocycles. The molecule has 0 aromatic carbocycles. The SMILES string of the molecule is CC(C)(C)N=C(N)N1CCC1. The third-order valence-corrected chi connectivity index (χ3v) is 1.63. The average molecular weight is 155 g/mol. The molecule has 0 aromatic heterocycles. The van der Waals surface area contributed by atoms with Crippen LogP contribution in [0.2, 0.25) is 0 Å². The largest absolute Gasteiger partial charge is 0.370 e. The lowest BCUT2D eigenvalue weighted by molar-refractivity contribution is 0.293. The van der Waals surface area contributed by atoms with Crippen LogP contribution in [0, 0.1) is 0 Å². The standard InChI is InChI=1S/C8H17N3/c1-8(2,3)10-7(9)11-5-4-6-11/h4-6H2,1-3H3,(H2,9,10). The first-order chi connectivity index (χ1) is 4.99. The summed E-state index contributed by atoms with van der Waals surface area (Å²) < 4.78 is 0. The van der Waals surface area contributed by atoms with E-state index in [0.717, 1.165) is 13.1 Å². The van der Waals surface area contributed by atoms with Gasteiger partial charge in [0.25, 0.3) is 0 Å². The Balaban J connectivity index is 2.50. The molecular weight excluding hydrogens is 138 g/mol. The van der Waals surface area contributed by atoms with Gasteiger partial charge in [-0.25, -0.2) is 4.99 Å². The number of likely N-dealkylation sites (tertiary alicyclic amines) is 1.